The summed E-state index contributed by atoms with van der Waals surface area (Å²) in [5.41, 5.74) is 7.70. The number of anilines is 1. The van der Waals surface area contributed by atoms with Crippen LogP contribution in [0, 0.1) is 5.92 Å². The van der Waals surface area contributed by atoms with Crippen molar-refractivity contribution in [3.05, 3.63) is 28.2 Å². The maximum atomic E-state index is 5.63. The zero-order valence-corrected chi connectivity index (χ0v) is 13.8. The van der Waals surface area contributed by atoms with Crippen molar-refractivity contribution in [3.63, 3.8) is 0 Å². The van der Waals surface area contributed by atoms with E-state index >= 15 is 0 Å². The van der Waals surface area contributed by atoms with Crippen molar-refractivity contribution in [3.8, 4) is 0 Å². The van der Waals surface area contributed by atoms with Crippen molar-refractivity contribution in [2.75, 3.05) is 11.9 Å². The molecule has 0 bridgehead atoms. The van der Waals surface area contributed by atoms with Gasteiger partial charge in [0, 0.05) is 23.1 Å². The highest BCUT2D eigenvalue weighted by Gasteiger charge is 2.14. The lowest BCUT2D eigenvalue weighted by atomic mass is 10.0. The number of halogens is 1. The predicted octanol–water partition coefficient (Wildman–Crippen LogP) is 3.95. The molecule has 100 valence electrons. The minimum Gasteiger partial charge on any atom is -0.389 e. The van der Waals surface area contributed by atoms with Crippen LogP contribution in [0.2, 0.25) is 0 Å². The Kier molecular flexibility index (Phi) is 5.60. The standard InChI is InChI=1S/C14H21BrN2S/c1-9(2)7-10(3)17(4)13-6-5-11(14(16)18)8-12(13)15/h5-6,8-10H,7H2,1-4H3,(H2,16,18). The molecule has 0 saturated heterocycles. The minimum atomic E-state index is 0.431. The van der Waals surface area contributed by atoms with Crippen LogP contribution >= 0.6 is 28.1 Å². The van der Waals surface area contributed by atoms with Crippen LogP contribution in [0.4, 0.5) is 5.69 Å². The molecule has 4 heteroatoms. The molecule has 1 aromatic rings. The lowest BCUT2D eigenvalue weighted by molar-refractivity contribution is 0.504. The molecule has 2 nitrogen and oxygen atoms in total. The number of nitrogens with two attached hydrogens (primary N) is 1. The molecule has 1 unspecified atom stereocenters. The summed E-state index contributed by atoms with van der Waals surface area (Å²) in [5, 5.41) is 0. The normalized spacial score (nSPS) is 12.6. The maximum absolute atomic E-state index is 5.63. The van der Waals surface area contributed by atoms with Gasteiger partial charge in [-0.15, -0.1) is 0 Å². The quantitative estimate of drug-likeness (QED) is 0.829. The first-order valence-electron chi connectivity index (χ1n) is 6.15. The molecule has 0 aliphatic heterocycles. The second-order valence-corrected chi connectivity index (χ2v) is 6.41. The summed E-state index contributed by atoms with van der Waals surface area (Å²) in [7, 11) is 2.12. The second-order valence-electron chi connectivity index (χ2n) is 5.12. The third-order valence-corrected chi connectivity index (χ3v) is 3.96. The van der Waals surface area contributed by atoms with Gasteiger partial charge in [-0.2, -0.15) is 0 Å². The number of thiocarbonyl (C=S) groups is 1. The predicted molar refractivity (Wildman–Crippen MR) is 87.3 cm³/mol. The summed E-state index contributed by atoms with van der Waals surface area (Å²) in [6, 6.07) is 6.52. The molecular weight excluding hydrogens is 308 g/mol. The minimum absolute atomic E-state index is 0.431. The van der Waals surface area contributed by atoms with E-state index in [4.69, 9.17) is 18.0 Å². The topological polar surface area (TPSA) is 29.3 Å². The Balaban J connectivity index is 2.92. The van der Waals surface area contributed by atoms with E-state index in [-0.39, 0.29) is 0 Å². The van der Waals surface area contributed by atoms with Gasteiger partial charge in [-0.25, -0.2) is 0 Å². The molecule has 1 rings (SSSR count). The molecule has 0 fully saturated rings. The SMILES string of the molecule is CC(C)CC(C)N(C)c1ccc(C(N)=S)cc1Br. The van der Waals surface area contributed by atoms with E-state index in [0.29, 0.717) is 16.9 Å². The van der Waals surface area contributed by atoms with E-state index in [1.807, 2.05) is 12.1 Å². The van der Waals surface area contributed by atoms with Crippen molar-refractivity contribution in [2.45, 2.75) is 33.2 Å². The zero-order valence-electron chi connectivity index (χ0n) is 11.4. The Hall–Kier alpha value is -0.610. The van der Waals surface area contributed by atoms with Gasteiger partial charge in [-0.1, -0.05) is 26.1 Å². The van der Waals surface area contributed by atoms with E-state index < -0.39 is 0 Å². The van der Waals surface area contributed by atoms with Gasteiger partial charge in [-0.05, 0) is 53.4 Å². The van der Waals surface area contributed by atoms with Gasteiger partial charge in [0.25, 0.3) is 0 Å². The number of nitrogens with zero attached hydrogens (tertiary/aromatic N) is 1. The van der Waals surface area contributed by atoms with Gasteiger partial charge in [0.05, 0.1) is 5.69 Å². The van der Waals surface area contributed by atoms with E-state index in [1.165, 1.54) is 12.1 Å². The average Bonchev–Trinajstić information content (AvgIpc) is 2.26. The summed E-state index contributed by atoms with van der Waals surface area (Å²) >= 11 is 8.58. The Bertz CT molecular complexity index is 432. The van der Waals surface area contributed by atoms with Crippen LogP contribution in [-0.2, 0) is 0 Å². The Morgan fingerprint density at radius 2 is 2.00 bits per heavy atom. The Morgan fingerprint density at radius 1 is 1.39 bits per heavy atom. The number of benzene rings is 1. The highest BCUT2D eigenvalue weighted by molar-refractivity contribution is 9.10. The van der Waals surface area contributed by atoms with Gasteiger partial charge in [-0.3, -0.25) is 0 Å². The van der Waals surface area contributed by atoms with Crippen LogP contribution < -0.4 is 10.6 Å². The monoisotopic (exact) mass is 328 g/mol. The molecule has 0 saturated carbocycles. The van der Waals surface area contributed by atoms with Gasteiger partial charge in [0.1, 0.15) is 4.99 Å². The lowest BCUT2D eigenvalue weighted by Crippen LogP contribution is -2.30. The lowest BCUT2D eigenvalue weighted by Gasteiger charge is -2.29. The molecule has 2 N–H and O–H groups in total. The molecule has 0 aliphatic rings. The number of hydrogen-bond acceptors (Lipinski definition) is 2. The summed E-state index contributed by atoms with van der Waals surface area (Å²) in [4.78, 5) is 2.72. The third-order valence-electron chi connectivity index (χ3n) is 3.09. The maximum Gasteiger partial charge on any atom is 0.104 e. The van der Waals surface area contributed by atoms with Gasteiger partial charge in [0.15, 0.2) is 0 Å². The fraction of sp³-hybridized carbons (Fsp3) is 0.500. The van der Waals surface area contributed by atoms with Gasteiger partial charge < -0.3 is 10.6 Å². The summed E-state index contributed by atoms with van der Waals surface area (Å²) in [6.07, 6.45) is 1.17. The van der Waals surface area contributed by atoms with Crippen LogP contribution in [-0.4, -0.2) is 18.1 Å². The molecule has 0 heterocycles. The highest BCUT2D eigenvalue weighted by Crippen LogP contribution is 2.29. The molecule has 18 heavy (non-hydrogen) atoms. The van der Waals surface area contributed by atoms with Crippen LogP contribution in [0.5, 0.6) is 0 Å². The van der Waals surface area contributed by atoms with Crippen molar-refractivity contribution < 1.29 is 0 Å². The van der Waals surface area contributed by atoms with Crippen molar-refractivity contribution in [1.82, 2.24) is 0 Å². The first kappa shape index (κ1) is 15.4. The van der Waals surface area contributed by atoms with E-state index in [1.54, 1.807) is 0 Å². The van der Waals surface area contributed by atoms with Crippen LogP contribution in [0.3, 0.4) is 0 Å². The molecule has 0 aromatic heterocycles. The van der Waals surface area contributed by atoms with Crippen molar-refractivity contribution >= 4 is 38.8 Å². The second kappa shape index (κ2) is 6.53. The van der Waals surface area contributed by atoms with E-state index in [0.717, 1.165) is 10.0 Å². The largest absolute Gasteiger partial charge is 0.389 e. The molecule has 1 atom stereocenters. The molecular formula is C14H21BrN2S. The van der Waals surface area contributed by atoms with Gasteiger partial charge in [0.2, 0.25) is 0 Å². The first-order chi connectivity index (χ1) is 8.32. The third kappa shape index (κ3) is 3.95. The van der Waals surface area contributed by atoms with Crippen LogP contribution in [0.25, 0.3) is 0 Å². The zero-order chi connectivity index (χ0) is 13.9. The highest BCUT2D eigenvalue weighted by atomic mass is 79.9. The molecule has 0 radical (unpaired) electrons. The van der Waals surface area contributed by atoms with E-state index in [9.17, 15) is 0 Å². The van der Waals surface area contributed by atoms with Crippen molar-refractivity contribution in [2.24, 2.45) is 11.7 Å². The fourth-order valence-electron chi connectivity index (χ4n) is 2.02. The average molecular weight is 329 g/mol. The Morgan fingerprint density at radius 3 is 2.44 bits per heavy atom. The first-order valence-corrected chi connectivity index (χ1v) is 7.35. The van der Waals surface area contributed by atoms with Gasteiger partial charge >= 0.3 is 0 Å². The fourth-order valence-corrected chi connectivity index (χ4v) is 2.81. The summed E-state index contributed by atoms with van der Waals surface area (Å²) in [6.45, 7) is 6.73. The molecule has 1 aromatic carbocycles. The molecule has 0 amide bonds. The van der Waals surface area contributed by atoms with Crippen LogP contribution in [0.15, 0.2) is 22.7 Å². The van der Waals surface area contributed by atoms with Crippen molar-refractivity contribution in [1.29, 1.82) is 0 Å². The van der Waals surface area contributed by atoms with Crippen LogP contribution in [0.1, 0.15) is 32.8 Å². The Labute approximate surface area is 124 Å². The molecule has 0 aliphatic carbocycles. The molecule has 0 spiro atoms. The summed E-state index contributed by atoms with van der Waals surface area (Å²) < 4.78 is 1.03. The summed E-state index contributed by atoms with van der Waals surface area (Å²) in [5.74, 6) is 0.692. The number of rotatable bonds is 5. The number of hydrogen-bond donors (Lipinski definition) is 1. The smallest absolute Gasteiger partial charge is 0.104 e. The van der Waals surface area contributed by atoms with E-state index in [2.05, 4.69) is 54.7 Å².